The minimum atomic E-state index is -0.177. The maximum absolute atomic E-state index is 12.7. The zero-order valence-corrected chi connectivity index (χ0v) is 18.6. The van der Waals surface area contributed by atoms with Crippen molar-refractivity contribution in [3.05, 3.63) is 59.1 Å². The summed E-state index contributed by atoms with van der Waals surface area (Å²) >= 11 is 6.09. The Morgan fingerprint density at radius 1 is 1.03 bits per heavy atom. The van der Waals surface area contributed by atoms with Gasteiger partial charge in [0.25, 0.3) is 0 Å². The Bertz CT molecular complexity index is 1000. The van der Waals surface area contributed by atoms with E-state index in [1.165, 1.54) is 0 Å². The van der Waals surface area contributed by atoms with Crippen molar-refractivity contribution in [2.24, 2.45) is 5.92 Å². The number of anilines is 2. The number of nitrogens with zero attached hydrogens (tertiary/aromatic N) is 2. The van der Waals surface area contributed by atoms with Gasteiger partial charge in [-0.1, -0.05) is 41.9 Å². The first-order chi connectivity index (χ1) is 15.5. The molecule has 0 spiro atoms. The molecule has 1 unspecified atom stereocenters. The number of para-hydroxylation sites is 2. The highest BCUT2D eigenvalue weighted by atomic mass is 35.5. The molecule has 3 amide bonds. The average Bonchev–Trinajstić information content (AvgIpc) is 2.79. The predicted molar refractivity (Wildman–Crippen MR) is 125 cm³/mol. The van der Waals surface area contributed by atoms with E-state index < -0.39 is 0 Å². The Balaban J connectivity index is 1.20. The standard InChI is InChI=1S/C24H27ClN4O3/c25-19-6-2-4-8-21(19)26-22(30)16-28-11-13-29(14-12-28)23(31)10-9-18-15-17-5-1-3-7-20(17)27-24(18)32/h1-8,18H,9-16H2,(H,26,30)(H,27,32). The lowest BCUT2D eigenvalue weighted by Crippen LogP contribution is -2.50. The highest BCUT2D eigenvalue weighted by Crippen LogP contribution is 2.27. The van der Waals surface area contributed by atoms with E-state index in [1.807, 2.05) is 46.2 Å². The Hall–Kier alpha value is -2.90. The van der Waals surface area contributed by atoms with Crippen LogP contribution in [0.3, 0.4) is 0 Å². The van der Waals surface area contributed by atoms with Crippen LogP contribution in [-0.4, -0.2) is 60.2 Å². The molecule has 2 aliphatic rings. The largest absolute Gasteiger partial charge is 0.340 e. The summed E-state index contributed by atoms with van der Waals surface area (Å²) in [6, 6.07) is 14.9. The summed E-state index contributed by atoms with van der Waals surface area (Å²) in [7, 11) is 0. The van der Waals surface area contributed by atoms with E-state index in [0.29, 0.717) is 56.2 Å². The van der Waals surface area contributed by atoms with Crippen LogP contribution in [0.2, 0.25) is 5.02 Å². The predicted octanol–water partition coefficient (Wildman–Crippen LogP) is 3.01. The molecule has 0 aliphatic carbocycles. The van der Waals surface area contributed by atoms with Crippen molar-refractivity contribution in [3.8, 4) is 0 Å². The van der Waals surface area contributed by atoms with E-state index in [9.17, 15) is 14.4 Å². The van der Waals surface area contributed by atoms with Crippen LogP contribution < -0.4 is 10.6 Å². The molecule has 2 aromatic rings. The monoisotopic (exact) mass is 454 g/mol. The lowest BCUT2D eigenvalue weighted by atomic mass is 9.89. The number of carbonyl (C=O) groups excluding carboxylic acids is 3. The van der Waals surface area contributed by atoms with E-state index >= 15 is 0 Å². The van der Waals surface area contributed by atoms with Gasteiger partial charge in [0.05, 0.1) is 17.3 Å². The normalized spacial score (nSPS) is 18.6. The Labute approximate surface area is 192 Å². The Morgan fingerprint density at radius 3 is 2.53 bits per heavy atom. The van der Waals surface area contributed by atoms with Crippen molar-refractivity contribution < 1.29 is 14.4 Å². The third kappa shape index (κ3) is 5.47. The maximum atomic E-state index is 12.7. The van der Waals surface area contributed by atoms with Crippen LogP contribution in [0.15, 0.2) is 48.5 Å². The number of amides is 3. The molecule has 168 valence electrons. The molecule has 8 heteroatoms. The number of nitrogens with one attached hydrogen (secondary N) is 2. The van der Waals surface area contributed by atoms with Crippen LogP contribution in [0, 0.1) is 5.92 Å². The van der Waals surface area contributed by atoms with Gasteiger partial charge in [-0.15, -0.1) is 0 Å². The molecule has 1 fully saturated rings. The molecule has 0 radical (unpaired) electrons. The average molecular weight is 455 g/mol. The summed E-state index contributed by atoms with van der Waals surface area (Å²) in [4.78, 5) is 41.2. The number of hydrogen-bond donors (Lipinski definition) is 2. The van der Waals surface area contributed by atoms with Crippen molar-refractivity contribution >= 4 is 40.7 Å². The lowest BCUT2D eigenvalue weighted by Gasteiger charge is -2.34. The fourth-order valence-corrected chi connectivity index (χ4v) is 4.40. The van der Waals surface area contributed by atoms with Gasteiger partial charge in [-0.2, -0.15) is 0 Å². The summed E-state index contributed by atoms with van der Waals surface area (Å²) in [5, 5.41) is 6.28. The summed E-state index contributed by atoms with van der Waals surface area (Å²) in [6.45, 7) is 2.70. The highest BCUT2D eigenvalue weighted by Gasteiger charge is 2.28. The molecular weight excluding hydrogens is 428 g/mol. The number of halogens is 1. The van der Waals surface area contributed by atoms with E-state index in [-0.39, 0.29) is 30.2 Å². The van der Waals surface area contributed by atoms with Gasteiger partial charge in [0.2, 0.25) is 17.7 Å². The molecule has 4 rings (SSSR count). The molecule has 2 aliphatic heterocycles. The number of rotatable bonds is 6. The van der Waals surface area contributed by atoms with Crippen molar-refractivity contribution in [3.63, 3.8) is 0 Å². The summed E-state index contributed by atoms with van der Waals surface area (Å²) < 4.78 is 0. The van der Waals surface area contributed by atoms with Crippen LogP contribution in [0.25, 0.3) is 0 Å². The second-order valence-corrected chi connectivity index (χ2v) is 8.68. The zero-order valence-electron chi connectivity index (χ0n) is 17.9. The summed E-state index contributed by atoms with van der Waals surface area (Å²) in [6.07, 6.45) is 1.57. The van der Waals surface area contributed by atoms with Crippen LogP contribution in [-0.2, 0) is 20.8 Å². The first kappa shape index (κ1) is 22.3. The van der Waals surface area contributed by atoms with Gasteiger partial charge in [-0.05, 0) is 36.6 Å². The van der Waals surface area contributed by atoms with Gasteiger partial charge in [0.15, 0.2) is 0 Å². The molecule has 2 heterocycles. The topological polar surface area (TPSA) is 81.8 Å². The summed E-state index contributed by atoms with van der Waals surface area (Å²) in [5.74, 6) is -0.243. The third-order valence-electron chi connectivity index (χ3n) is 6.06. The molecule has 32 heavy (non-hydrogen) atoms. The number of benzene rings is 2. The fourth-order valence-electron chi connectivity index (χ4n) is 4.21. The minimum absolute atomic E-state index is 0.00847. The molecule has 2 N–H and O–H groups in total. The molecule has 2 aromatic carbocycles. The van der Waals surface area contributed by atoms with Crippen molar-refractivity contribution in [2.75, 3.05) is 43.4 Å². The van der Waals surface area contributed by atoms with Crippen LogP contribution in [0.1, 0.15) is 18.4 Å². The van der Waals surface area contributed by atoms with E-state index in [1.54, 1.807) is 12.1 Å². The van der Waals surface area contributed by atoms with Crippen LogP contribution in [0.4, 0.5) is 11.4 Å². The smallest absolute Gasteiger partial charge is 0.238 e. The first-order valence-corrected chi connectivity index (χ1v) is 11.3. The van der Waals surface area contributed by atoms with Crippen LogP contribution in [0.5, 0.6) is 0 Å². The minimum Gasteiger partial charge on any atom is -0.340 e. The molecule has 0 saturated carbocycles. The first-order valence-electron chi connectivity index (χ1n) is 10.9. The number of hydrogen-bond acceptors (Lipinski definition) is 4. The molecule has 1 saturated heterocycles. The second kappa shape index (κ2) is 10.1. The Kier molecular flexibility index (Phi) is 7.07. The summed E-state index contributed by atoms with van der Waals surface area (Å²) in [5.41, 5.74) is 2.59. The van der Waals surface area contributed by atoms with Crippen molar-refractivity contribution in [2.45, 2.75) is 19.3 Å². The second-order valence-electron chi connectivity index (χ2n) is 8.27. The molecule has 0 bridgehead atoms. The zero-order chi connectivity index (χ0) is 22.5. The van der Waals surface area contributed by atoms with Crippen molar-refractivity contribution in [1.29, 1.82) is 0 Å². The van der Waals surface area contributed by atoms with Gasteiger partial charge in [-0.3, -0.25) is 19.3 Å². The van der Waals surface area contributed by atoms with Gasteiger partial charge >= 0.3 is 0 Å². The molecule has 0 aromatic heterocycles. The van der Waals surface area contributed by atoms with Gasteiger partial charge in [-0.25, -0.2) is 0 Å². The molecule has 1 atom stereocenters. The van der Waals surface area contributed by atoms with Crippen molar-refractivity contribution in [1.82, 2.24) is 9.80 Å². The van der Waals surface area contributed by atoms with Gasteiger partial charge < -0.3 is 15.5 Å². The SMILES string of the molecule is O=C(CN1CCN(C(=O)CCC2Cc3ccccc3NC2=O)CC1)Nc1ccccc1Cl. The number of carbonyl (C=O) groups is 3. The van der Waals surface area contributed by atoms with Gasteiger partial charge in [0.1, 0.15) is 0 Å². The van der Waals surface area contributed by atoms with E-state index in [0.717, 1.165) is 11.3 Å². The lowest BCUT2D eigenvalue weighted by molar-refractivity contribution is -0.133. The van der Waals surface area contributed by atoms with Crippen LogP contribution >= 0.6 is 11.6 Å². The van der Waals surface area contributed by atoms with E-state index in [2.05, 4.69) is 10.6 Å². The van der Waals surface area contributed by atoms with Gasteiger partial charge in [0, 0.05) is 44.2 Å². The fraction of sp³-hybridized carbons (Fsp3) is 0.375. The molecular formula is C24H27ClN4O3. The quantitative estimate of drug-likeness (QED) is 0.703. The highest BCUT2D eigenvalue weighted by molar-refractivity contribution is 6.33. The maximum Gasteiger partial charge on any atom is 0.238 e. The number of piperazine rings is 1. The third-order valence-corrected chi connectivity index (χ3v) is 6.39. The molecule has 7 nitrogen and oxygen atoms in total. The van der Waals surface area contributed by atoms with E-state index in [4.69, 9.17) is 11.6 Å². The Morgan fingerprint density at radius 2 is 1.75 bits per heavy atom. The number of fused-ring (bicyclic) bond motifs is 1.